The Bertz CT molecular complexity index is 583. The quantitative estimate of drug-likeness (QED) is 0.798. The maximum absolute atomic E-state index is 12.7. The Morgan fingerprint density at radius 3 is 2.54 bits per heavy atom. The first-order valence-corrected chi connectivity index (χ1v) is 9.04. The predicted octanol–water partition coefficient (Wildman–Crippen LogP) is 3.14. The molecule has 2 rings (SSSR count). The van der Waals surface area contributed by atoms with Crippen LogP contribution in [0.5, 0.6) is 0 Å². The SMILES string of the molecule is COCC1(C(=O)O)CCCN(C(=O)c2ccc(SC(C)C)cc2)C1. The van der Waals surface area contributed by atoms with Crippen LogP contribution in [0.15, 0.2) is 29.2 Å². The van der Waals surface area contributed by atoms with Gasteiger partial charge in [0.15, 0.2) is 0 Å². The van der Waals surface area contributed by atoms with E-state index in [2.05, 4.69) is 13.8 Å². The molecule has 1 N–H and O–H groups in total. The Balaban J connectivity index is 2.12. The Morgan fingerprint density at radius 2 is 2.00 bits per heavy atom. The van der Waals surface area contributed by atoms with E-state index < -0.39 is 11.4 Å². The van der Waals surface area contributed by atoms with E-state index in [-0.39, 0.29) is 19.1 Å². The molecule has 1 aliphatic rings. The topological polar surface area (TPSA) is 66.8 Å². The lowest BCUT2D eigenvalue weighted by Crippen LogP contribution is -2.52. The summed E-state index contributed by atoms with van der Waals surface area (Å²) in [7, 11) is 1.50. The lowest BCUT2D eigenvalue weighted by Gasteiger charge is -2.39. The second kappa shape index (κ2) is 8.03. The van der Waals surface area contributed by atoms with Gasteiger partial charge in [0.1, 0.15) is 5.41 Å². The maximum atomic E-state index is 12.7. The second-order valence-electron chi connectivity index (χ2n) is 6.54. The predicted molar refractivity (Wildman–Crippen MR) is 94.5 cm³/mol. The summed E-state index contributed by atoms with van der Waals surface area (Å²) in [6.45, 7) is 5.14. The Kier molecular flexibility index (Phi) is 6.29. The van der Waals surface area contributed by atoms with Crippen LogP contribution in [0.4, 0.5) is 0 Å². The van der Waals surface area contributed by atoms with Gasteiger partial charge in [0, 0.05) is 35.9 Å². The van der Waals surface area contributed by atoms with Crippen molar-refractivity contribution in [2.24, 2.45) is 5.41 Å². The Morgan fingerprint density at radius 1 is 1.33 bits per heavy atom. The van der Waals surface area contributed by atoms with Crippen molar-refractivity contribution >= 4 is 23.6 Å². The molecule has 1 saturated heterocycles. The fourth-order valence-corrected chi connectivity index (χ4v) is 3.90. The number of rotatable bonds is 6. The zero-order chi connectivity index (χ0) is 17.7. The molecule has 1 heterocycles. The first-order chi connectivity index (χ1) is 11.4. The molecule has 1 unspecified atom stereocenters. The number of piperidine rings is 1. The van der Waals surface area contributed by atoms with Gasteiger partial charge in [-0.05, 0) is 37.1 Å². The van der Waals surface area contributed by atoms with Gasteiger partial charge in [-0.15, -0.1) is 11.8 Å². The van der Waals surface area contributed by atoms with Crippen molar-refractivity contribution in [3.05, 3.63) is 29.8 Å². The van der Waals surface area contributed by atoms with Gasteiger partial charge in [-0.2, -0.15) is 0 Å². The number of aliphatic carboxylic acids is 1. The largest absolute Gasteiger partial charge is 0.481 e. The molecule has 1 atom stereocenters. The summed E-state index contributed by atoms with van der Waals surface area (Å²) in [4.78, 5) is 27.2. The molecular weight excluding hydrogens is 326 g/mol. The number of thioether (sulfide) groups is 1. The van der Waals surface area contributed by atoms with Crippen LogP contribution in [0, 0.1) is 5.41 Å². The minimum atomic E-state index is -1.00. The first kappa shape index (κ1) is 18.8. The van der Waals surface area contributed by atoms with Crippen LogP contribution in [0.3, 0.4) is 0 Å². The molecule has 1 fully saturated rings. The van der Waals surface area contributed by atoms with Crippen LogP contribution in [0.1, 0.15) is 37.0 Å². The number of methoxy groups -OCH3 is 1. The lowest BCUT2D eigenvalue weighted by atomic mass is 9.80. The summed E-state index contributed by atoms with van der Waals surface area (Å²) in [5.74, 6) is -1.01. The van der Waals surface area contributed by atoms with Crippen molar-refractivity contribution in [2.45, 2.75) is 36.8 Å². The molecule has 0 bridgehead atoms. The maximum Gasteiger partial charge on any atom is 0.313 e. The van der Waals surface area contributed by atoms with Crippen LogP contribution in [-0.2, 0) is 9.53 Å². The van der Waals surface area contributed by atoms with E-state index in [1.54, 1.807) is 16.7 Å². The van der Waals surface area contributed by atoms with E-state index in [1.165, 1.54) is 7.11 Å². The number of hydrogen-bond acceptors (Lipinski definition) is 4. The van der Waals surface area contributed by atoms with Gasteiger partial charge in [0.2, 0.25) is 0 Å². The van der Waals surface area contributed by atoms with E-state index in [9.17, 15) is 14.7 Å². The zero-order valence-electron chi connectivity index (χ0n) is 14.4. The highest BCUT2D eigenvalue weighted by Crippen LogP contribution is 2.32. The van der Waals surface area contributed by atoms with Gasteiger partial charge in [-0.3, -0.25) is 9.59 Å². The minimum absolute atomic E-state index is 0.113. The van der Waals surface area contributed by atoms with Crippen LogP contribution in [-0.4, -0.2) is 53.9 Å². The smallest absolute Gasteiger partial charge is 0.313 e. The van der Waals surface area contributed by atoms with Crippen LogP contribution in [0.25, 0.3) is 0 Å². The number of hydrogen-bond donors (Lipinski definition) is 1. The van der Waals surface area contributed by atoms with E-state index in [0.29, 0.717) is 30.2 Å². The first-order valence-electron chi connectivity index (χ1n) is 8.16. The number of ether oxygens (including phenoxy) is 1. The van der Waals surface area contributed by atoms with Crippen molar-refractivity contribution < 1.29 is 19.4 Å². The average Bonchev–Trinajstić information content (AvgIpc) is 2.55. The van der Waals surface area contributed by atoms with E-state index in [4.69, 9.17) is 4.74 Å². The van der Waals surface area contributed by atoms with E-state index in [1.807, 2.05) is 24.3 Å². The van der Waals surface area contributed by atoms with Gasteiger partial charge in [-0.25, -0.2) is 0 Å². The summed E-state index contributed by atoms with van der Waals surface area (Å²) in [5.41, 5.74) is -0.405. The molecule has 0 radical (unpaired) electrons. The Hall–Kier alpha value is -1.53. The van der Waals surface area contributed by atoms with E-state index >= 15 is 0 Å². The molecular formula is C18H25NO4S. The molecule has 0 aliphatic carbocycles. The second-order valence-corrected chi connectivity index (χ2v) is 8.19. The number of carboxylic acid groups (broad SMARTS) is 1. The summed E-state index contributed by atoms with van der Waals surface area (Å²) < 4.78 is 5.11. The molecule has 1 aromatic carbocycles. The zero-order valence-corrected chi connectivity index (χ0v) is 15.3. The normalized spacial score (nSPS) is 21.1. The third-order valence-corrected chi connectivity index (χ3v) is 5.23. The molecule has 0 spiro atoms. The number of likely N-dealkylation sites (tertiary alicyclic amines) is 1. The lowest BCUT2D eigenvalue weighted by molar-refractivity contribution is -0.155. The average molecular weight is 351 g/mol. The molecule has 1 aliphatic heterocycles. The minimum Gasteiger partial charge on any atom is -0.481 e. The number of carbonyl (C=O) groups is 2. The van der Waals surface area contributed by atoms with E-state index in [0.717, 1.165) is 4.90 Å². The third kappa shape index (κ3) is 4.30. The highest BCUT2D eigenvalue weighted by molar-refractivity contribution is 7.99. The number of amides is 1. The number of benzene rings is 1. The summed E-state index contributed by atoms with van der Waals surface area (Å²) in [5, 5.41) is 10.1. The number of carboxylic acids is 1. The molecule has 1 aromatic rings. The Labute approximate surface area is 147 Å². The van der Waals surface area contributed by atoms with Crippen LogP contribution >= 0.6 is 11.8 Å². The van der Waals surface area contributed by atoms with Gasteiger partial charge in [0.05, 0.1) is 6.61 Å². The van der Waals surface area contributed by atoms with Crippen molar-refractivity contribution in [3.8, 4) is 0 Å². The monoisotopic (exact) mass is 351 g/mol. The van der Waals surface area contributed by atoms with Crippen molar-refractivity contribution in [2.75, 3.05) is 26.8 Å². The fraction of sp³-hybridized carbons (Fsp3) is 0.556. The molecule has 0 aromatic heterocycles. The molecule has 0 saturated carbocycles. The molecule has 1 amide bonds. The standard InChI is InChI=1S/C18H25NO4S/c1-13(2)24-15-7-5-14(6-8-15)16(20)19-10-4-9-18(11-19,12-23-3)17(21)22/h5-8,13H,4,9-12H2,1-3H3,(H,21,22). The molecule has 6 heteroatoms. The van der Waals surface area contributed by atoms with Gasteiger partial charge < -0.3 is 14.7 Å². The van der Waals surface area contributed by atoms with Gasteiger partial charge in [-0.1, -0.05) is 13.8 Å². The molecule has 132 valence electrons. The highest BCUT2D eigenvalue weighted by atomic mass is 32.2. The summed E-state index contributed by atoms with van der Waals surface area (Å²) >= 11 is 1.75. The number of carbonyl (C=O) groups excluding carboxylic acids is 1. The fourth-order valence-electron chi connectivity index (χ4n) is 3.07. The van der Waals surface area contributed by atoms with Crippen LogP contribution < -0.4 is 0 Å². The highest BCUT2D eigenvalue weighted by Gasteiger charge is 2.43. The molecule has 5 nitrogen and oxygen atoms in total. The van der Waals surface area contributed by atoms with Crippen molar-refractivity contribution in [1.29, 1.82) is 0 Å². The van der Waals surface area contributed by atoms with Gasteiger partial charge >= 0.3 is 5.97 Å². The van der Waals surface area contributed by atoms with Crippen molar-refractivity contribution in [3.63, 3.8) is 0 Å². The summed E-state index contributed by atoms with van der Waals surface area (Å²) in [6, 6.07) is 7.53. The number of nitrogens with zero attached hydrogens (tertiary/aromatic N) is 1. The van der Waals surface area contributed by atoms with Crippen molar-refractivity contribution in [1.82, 2.24) is 4.90 Å². The molecule has 24 heavy (non-hydrogen) atoms. The summed E-state index contributed by atoms with van der Waals surface area (Å²) in [6.07, 6.45) is 1.20. The van der Waals surface area contributed by atoms with Gasteiger partial charge in [0.25, 0.3) is 5.91 Å². The van der Waals surface area contributed by atoms with Crippen LogP contribution in [0.2, 0.25) is 0 Å². The third-order valence-electron chi connectivity index (χ3n) is 4.21.